The third-order valence-electron chi connectivity index (χ3n) is 4.61. The summed E-state index contributed by atoms with van der Waals surface area (Å²) >= 11 is 1.47. The van der Waals surface area contributed by atoms with Crippen molar-refractivity contribution in [3.05, 3.63) is 51.9 Å². The molecule has 2 heterocycles. The van der Waals surface area contributed by atoms with Crippen LogP contribution in [0.25, 0.3) is 21.3 Å². The average molecular weight is 369 g/mol. The van der Waals surface area contributed by atoms with E-state index in [9.17, 15) is 9.59 Å². The van der Waals surface area contributed by atoms with Gasteiger partial charge < -0.3 is 4.90 Å². The number of aromatic nitrogens is 2. The fraction of sp³-hybridized carbons (Fsp3) is 0.350. The molecule has 0 atom stereocenters. The Kier molecular flexibility index (Phi) is 5.52. The lowest BCUT2D eigenvalue weighted by atomic mass is 10.1. The molecule has 0 spiro atoms. The minimum Gasteiger partial charge on any atom is -0.343 e. The molecule has 3 aromatic rings. The molecule has 1 amide bonds. The molecule has 5 nitrogen and oxygen atoms in total. The Morgan fingerprint density at radius 2 is 1.88 bits per heavy atom. The number of fused-ring (bicyclic) bond motifs is 1. The van der Waals surface area contributed by atoms with E-state index in [4.69, 9.17) is 0 Å². The molecule has 6 heteroatoms. The van der Waals surface area contributed by atoms with E-state index in [2.05, 4.69) is 4.98 Å². The summed E-state index contributed by atoms with van der Waals surface area (Å²) in [5.74, 6) is 0.0612. The van der Waals surface area contributed by atoms with Gasteiger partial charge in [-0.2, -0.15) is 0 Å². The van der Waals surface area contributed by atoms with Crippen LogP contribution in [-0.4, -0.2) is 33.4 Å². The van der Waals surface area contributed by atoms with E-state index in [0.717, 1.165) is 16.0 Å². The van der Waals surface area contributed by atoms with Crippen LogP contribution in [0.3, 0.4) is 0 Å². The number of rotatable bonds is 6. The van der Waals surface area contributed by atoms with Gasteiger partial charge in [0.25, 0.3) is 5.56 Å². The number of hydrogen-bond donors (Lipinski definition) is 0. The van der Waals surface area contributed by atoms with Crippen LogP contribution < -0.4 is 5.56 Å². The normalized spacial score (nSPS) is 11.0. The molecule has 2 aromatic heterocycles. The first kappa shape index (κ1) is 18.3. The van der Waals surface area contributed by atoms with E-state index in [1.165, 1.54) is 16.9 Å². The molecule has 0 fully saturated rings. The number of carbonyl (C=O) groups excluding carboxylic acids is 1. The molecule has 0 aliphatic rings. The minimum absolute atomic E-state index is 0.0612. The summed E-state index contributed by atoms with van der Waals surface area (Å²) in [7, 11) is 0. The number of aryl methyl sites for hydroxylation is 2. The minimum atomic E-state index is -0.0841. The van der Waals surface area contributed by atoms with Crippen LogP contribution in [0.15, 0.2) is 40.8 Å². The molecule has 0 aliphatic carbocycles. The standard InChI is InChI=1S/C20H23N3O2S/c1-4-22(5-2)17(24)10-11-23-13-21-19-18(20(23)25)16(12-26-19)15-8-6-14(3)7-9-15/h6-9,12-13H,4-5,10-11H2,1-3H3. The monoisotopic (exact) mass is 369 g/mol. The van der Waals surface area contributed by atoms with Gasteiger partial charge in [0.2, 0.25) is 5.91 Å². The number of hydrogen-bond acceptors (Lipinski definition) is 4. The second-order valence-corrected chi connectivity index (χ2v) is 7.11. The highest BCUT2D eigenvalue weighted by atomic mass is 32.1. The van der Waals surface area contributed by atoms with Crippen molar-refractivity contribution in [1.29, 1.82) is 0 Å². The molecule has 1 aromatic carbocycles. The van der Waals surface area contributed by atoms with Crippen LogP contribution in [0.1, 0.15) is 25.8 Å². The van der Waals surface area contributed by atoms with Gasteiger partial charge in [-0.25, -0.2) is 4.98 Å². The van der Waals surface area contributed by atoms with Gasteiger partial charge in [-0.3, -0.25) is 14.2 Å². The van der Waals surface area contributed by atoms with Gasteiger partial charge in [-0.1, -0.05) is 29.8 Å². The fourth-order valence-corrected chi connectivity index (χ4v) is 3.93. The predicted octanol–water partition coefficient (Wildman–Crippen LogP) is 3.69. The Hall–Kier alpha value is -2.47. The van der Waals surface area contributed by atoms with Gasteiger partial charge in [-0.15, -0.1) is 11.3 Å². The molecule has 0 aliphatic heterocycles. The maximum atomic E-state index is 13.0. The van der Waals surface area contributed by atoms with Gasteiger partial charge in [-0.05, 0) is 26.3 Å². The summed E-state index contributed by atoms with van der Waals surface area (Å²) in [6.45, 7) is 7.67. The zero-order chi connectivity index (χ0) is 18.7. The van der Waals surface area contributed by atoms with Crippen molar-refractivity contribution >= 4 is 27.5 Å². The second-order valence-electron chi connectivity index (χ2n) is 6.25. The van der Waals surface area contributed by atoms with Crippen molar-refractivity contribution in [3.63, 3.8) is 0 Å². The molecule has 0 saturated carbocycles. The molecule has 0 N–H and O–H groups in total. The van der Waals surface area contributed by atoms with E-state index in [-0.39, 0.29) is 11.5 Å². The second kappa shape index (κ2) is 7.83. The highest BCUT2D eigenvalue weighted by Gasteiger charge is 2.15. The highest BCUT2D eigenvalue weighted by Crippen LogP contribution is 2.30. The van der Waals surface area contributed by atoms with Crippen LogP contribution in [0.5, 0.6) is 0 Å². The quantitative estimate of drug-likeness (QED) is 0.666. The zero-order valence-electron chi connectivity index (χ0n) is 15.4. The molecule has 0 saturated heterocycles. The van der Waals surface area contributed by atoms with E-state index < -0.39 is 0 Å². The van der Waals surface area contributed by atoms with Gasteiger partial charge in [0.1, 0.15) is 4.83 Å². The fourth-order valence-electron chi connectivity index (χ4n) is 3.02. The van der Waals surface area contributed by atoms with Gasteiger partial charge >= 0.3 is 0 Å². The Balaban J connectivity index is 1.93. The molecule has 0 unspecified atom stereocenters. The summed E-state index contributed by atoms with van der Waals surface area (Å²) in [5.41, 5.74) is 3.02. The first-order valence-corrected chi connectivity index (χ1v) is 9.74. The first-order chi connectivity index (χ1) is 12.5. The highest BCUT2D eigenvalue weighted by molar-refractivity contribution is 7.17. The van der Waals surface area contributed by atoms with E-state index in [1.54, 1.807) is 15.8 Å². The summed E-state index contributed by atoms with van der Waals surface area (Å²) in [6, 6.07) is 8.13. The van der Waals surface area contributed by atoms with Crippen molar-refractivity contribution in [2.75, 3.05) is 13.1 Å². The van der Waals surface area contributed by atoms with Crippen LogP contribution >= 0.6 is 11.3 Å². The third-order valence-corrected chi connectivity index (χ3v) is 5.49. The van der Waals surface area contributed by atoms with E-state index >= 15 is 0 Å². The van der Waals surface area contributed by atoms with Gasteiger partial charge in [0, 0.05) is 37.0 Å². The number of nitrogens with zero attached hydrogens (tertiary/aromatic N) is 3. The van der Waals surface area contributed by atoms with Crippen molar-refractivity contribution in [1.82, 2.24) is 14.5 Å². The first-order valence-electron chi connectivity index (χ1n) is 8.86. The largest absolute Gasteiger partial charge is 0.343 e. The van der Waals surface area contributed by atoms with Crippen molar-refractivity contribution < 1.29 is 4.79 Å². The molecule has 26 heavy (non-hydrogen) atoms. The van der Waals surface area contributed by atoms with Crippen molar-refractivity contribution in [2.45, 2.75) is 33.7 Å². The molecular weight excluding hydrogens is 346 g/mol. The summed E-state index contributed by atoms with van der Waals surface area (Å²) < 4.78 is 1.55. The predicted molar refractivity (Wildman–Crippen MR) is 107 cm³/mol. The van der Waals surface area contributed by atoms with Crippen LogP contribution in [0.2, 0.25) is 0 Å². The molecule has 0 radical (unpaired) electrons. The van der Waals surface area contributed by atoms with E-state index in [1.807, 2.05) is 50.4 Å². The Morgan fingerprint density at radius 3 is 2.54 bits per heavy atom. The lowest BCUT2D eigenvalue weighted by Crippen LogP contribution is -2.32. The average Bonchev–Trinajstić information content (AvgIpc) is 3.08. The van der Waals surface area contributed by atoms with Gasteiger partial charge in [0.05, 0.1) is 11.7 Å². The third kappa shape index (κ3) is 3.55. The number of thiophene rings is 1. The van der Waals surface area contributed by atoms with Crippen molar-refractivity contribution in [2.24, 2.45) is 0 Å². The molecule has 136 valence electrons. The van der Waals surface area contributed by atoms with Gasteiger partial charge in [0.15, 0.2) is 0 Å². The Morgan fingerprint density at radius 1 is 1.19 bits per heavy atom. The SMILES string of the molecule is CCN(CC)C(=O)CCn1cnc2scc(-c3ccc(C)cc3)c2c1=O. The van der Waals surface area contributed by atoms with Crippen LogP contribution in [0.4, 0.5) is 0 Å². The smallest absolute Gasteiger partial charge is 0.262 e. The lowest BCUT2D eigenvalue weighted by Gasteiger charge is -2.18. The maximum absolute atomic E-state index is 13.0. The summed E-state index contributed by atoms with van der Waals surface area (Å²) in [5, 5.41) is 2.62. The number of carbonyl (C=O) groups is 1. The Bertz CT molecular complexity index is 969. The Labute approximate surface area is 156 Å². The molecule has 0 bridgehead atoms. The number of benzene rings is 1. The van der Waals surface area contributed by atoms with Crippen LogP contribution in [-0.2, 0) is 11.3 Å². The molecular formula is C20H23N3O2S. The van der Waals surface area contributed by atoms with Crippen molar-refractivity contribution in [3.8, 4) is 11.1 Å². The van der Waals surface area contributed by atoms with Crippen LogP contribution in [0, 0.1) is 6.92 Å². The summed E-state index contributed by atoms with van der Waals surface area (Å²) in [4.78, 5) is 32.1. The topological polar surface area (TPSA) is 55.2 Å². The molecule has 3 rings (SSSR count). The summed E-state index contributed by atoms with van der Waals surface area (Å²) in [6.07, 6.45) is 1.86. The van der Waals surface area contributed by atoms with E-state index in [0.29, 0.717) is 31.4 Å². The maximum Gasteiger partial charge on any atom is 0.262 e. The number of amides is 1. The zero-order valence-corrected chi connectivity index (χ0v) is 16.2. The lowest BCUT2D eigenvalue weighted by molar-refractivity contribution is -0.131.